The lowest BCUT2D eigenvalue weighted by Gasteiger charge is -2.34. The molecule has 21 aromatic rings. The van der Waals surface area contributed by atoms with Crippen LogP contribution in [-0.2, 0) is 10.8 Å². The molecule has 23 rings (SSSR count). The van der Waals surface area contributed by atoms with Crippen LogP contribution in [0, 0.1) is 0 Å². The van der Waals surface area contributed by atoms with Crippen LogP contribution in [0.3, 0.4) is 0 Å². The van der Waals surface area contributed by atoms with E-state index < -0.39 is 10.8 Å². The summed E-state index contributed by atoms with van der Waals surface area (Å²) in [6, 6.07) is 152. The van der Waals surface area contributed by atoms with Gasteiger partial charge in [-0.3, -0.25) is 0 Å². The molecule has 0 aliphatic heterocycles. The van der Waals surface area contributed by atoms with Crippen molar-refractivity contribution in [3.8, 4) is 101 Å². The molecule has 116 heavy (non-hydrogen) atoms. The van der Waals surface area contributed by atoms with E-state index in [4.69, 9.17) is 29.9 Å². The number of aromatic nitrogens is 6. The third-order valence-corrected chi connectivity index (χ3v) is 23.9. The van der Waals surface area contributed by atoms with Gasteiger partial charge < -0.3 is 0 Å². The number of pyridine rings is 2. The molecule has 540 valence electrons. The number of fused-ring (bicyclic) bond motifs is 16. The Kier molecular flexibility index (Phi) is 16.3. The zero-order chi connectivity index (χ0) is 76.7. The fourth-order valence-electron chi connectivity index (χ4n) is 18.8. The fourth-order valence-corrected chi connectivity index (χ4v) is 18.8. The van der Waals surface area contributed by atoms with Gasteiger partial charge in [0.15, 0.2) is 11.6 Å². The van der Waals surface area contributed by atoms with E-state index in [0.717, 1.165) is 111 Å². The van der Waals surface area contributed by atoms with Crippen LogP contribution in [0.4, 0.5) is 0 Å². The van der Waals surface area contributed by atoms with E-state index in [0.29, 0.717) is 11.6 Å². The van der Waals surface area contributed by atoms with Gasteiger partial charge in [-0.2, -0.15) is 0 Å². The molecule has 0 saturated heterocycles. The second-order valence-electron chi connectivity index (χ2n) is 30.1. The number of hydrogen-bond donors (Lipinski definition) is 0. The third-order valence-electron chi connectivity index (χ3n) is 23.9. The van der Waals surface area contributed by atoms with E-state index in [1.165, 1.54) is 88.7 Å². The van der Waals surface area contributed by atoms with Crippen LogP contribution in [0.5, 0.6) is 0 Å². The van der Waals surface area contributed by atoms with Crippen molar-refractivity contribution < 1.29 is 0 Å². The Balaban J connectivity index is 0.000000141. The summed E-state index contributed by atoms with van der Waals surface area (Å²) in [5, 5.41) is 9.08. The number of para-hydroxylation sites is 4. The molecule has 2 aliphatic rings. The van der Waals surface area contributed by atoms with Crippen LogP contribution in [-0.4, -0.2) is 29.9 Å². The van der Waals surface area contributed by atoms with Crippen LogP contribution >= 0.6 is 0 Å². The summed E-state index contributed by atoms with van der Waals surface area (Å²) in [6.45, 7) is 0. The first-order chi connectivity index (χ1) is 57.5. The predicted molar refractivity (Wildman–Crippen MR) is 477 cm³/mol. The lowest BCUT2D eigenvalue weighted by molar-refractivity contribution is 0.769. The molecule has 4 aromatic heterocycles. The Morgan fingerprint density at radius 3 is 0.784 bits per heavy atom. The molecule has 0 radical (unpaired) electrons. The van der Waals surface area contributed by atoms with Crippen molar-refractivity contribution in [2.24, 2.45) is 0 Å². The van der Waals surface area contributed by atoms with Gasteiger partial charge in [0.05, 0.1) is 55.7 Å². The summed E-state index contributed by atoms with van der Waals surface area (Å²) in [4.78, 5) is 31.3. The summed E-state index contributed by atoms with van der Waals surface area (Å²) < 4.78 is 0. The summed E-state index contributed by atoms with van der Waals surface area (Å²) in [5.41, 5.74) is 30.3. The molecule has 0 N–H and O–H groups in total. The van der Waals surface area contributed by atoms with E-state index in [-0.39, 0.29) is 0 Å². The summed E-state index contributed by atoms with van der Waals surface area (Å²) in [6.07, 6.45) is 0. The topological polar surface area (TPSA) is 77.3 Å². The van der Waals surface area contributed by atoms with E-state index in [1.54, 1.807) is 0 Å². The molecular formula is C110H70N6. The molecule has 6 nitrogen and oxygen atoms in total. The van der Waals surface area contributed by atoms with Crippen molar-refractivity contribution in [2.45, 2.75) is 10.8 Å². The predicted octanol–water partition coefficient (Wildman–Crippen LogP) is 27.1. The van der Waals surface area contributed by atoms with Gasteiger partial charge in [0.25, 0.3) is 0 Å². The maximum absolute atomic E-state index is 5.40. The quantitative estimate of drug-likeness (QED) is 0.120. The van der Waals surface area contributed by atoms with E-state index in [1.807, 2.05) is 30.3 Å². The van der Waals surface area contributed by atoms with Crippen LogP contribution in [0.1, 0.15) is 44.5 Å². The first-order valence-electron chi connectivity index (χ1n) is 39.6. The minimum Gasteiger partial charge on any atom is -0.247 e. The first kappa shape index (κ1) is 67.6. The SMILES string of the molecule is c1ccc(-c2ccc(-c3nc(-c4ccc(-c5nc6ccccc6c6c7c(ccc56)C(c5ccccc5)(c5ccccc5)c5ccccc5-7)cc4)nc4ccccc34)cc2)cc1.c1ccc(-c2nc(-c3ccc(-c4nc5ccccc5c5c6c(ccc45)C(c4ccccc4)(c4ccccc4)c4ccccc4-6)cc3)nc3ccccc23)cc1. The zero-order valence-corrected chi connectivity index (χ0v) is 63.1. The van der Waals surface area contributed by atoms with Crippen LogP contribution in [0.15, 0.2) is 425 Å². The monoisotopic (exact) mass is 1470 g/mol. The Bertz CT molecular complexity index is 7310. The van der Waals surface area contributed by atoms with Gasteiger partial charge in [0.1, 0.15) is 0 Å². The molecule has 0 fully saturated rings. The highest BCUT2D eigenvalue weighted by molar-refractivity contribution is 6.21. The molecule has 17 aromatic carbocycles. The maximum Gasteiger partial charge on any atom is 0.160 e. The van der Waals surface area contributed by atoms with Gasteiger partial charge in [-0.1, -0.05) is 400 Å². The van der Waals surface area contributed by atoms with Crippen molar-refractivity contribution in [1.29, 1.82) is 0 Å². The molecule has 6 heteroatoms. The number of nitrogens with zero attached hydrogens (tertiary/aromatic N) is 6. The van der Waals surface area contributed by atoms with Crippen molar-refractivity contribution >= 4 is 65.2 Å². The number of hydrogen-bond acceptors (Lipinski definition) is 6. The average molecular weight is 1480 g/mol. The van der Waals surface area contributed by atoms with Crippen LogP contribution < -0.4 is 0 Å². The normalized spacial score (nSPS) is 12.8. The van der Waals surface area contributed by atoms with Crippen LogP contribution in [0.25, 0.3) is 166 Å². The molecule has 0 saturated carbocycles. The van der Waals surface area contributed by atoms with Crippen molar-refractivity contribution in [3.63, 3.8) is 0 Å². The van der Waals surface area contributed by atoms with Gasteiger partial charge >= 0.3 is 0 Å². The van der Waals surface area contributed by atoms with E-state index in [2.05, 4.69) is 394 Å². The molecule has 4 heterocycles. The summed E-state index contributed by atoms with van der Waals surface area (Å²) in [5.74, 6) is 1.39. The largest absolute Gasteiger partial charge is 0.247 e. The van der Waals surface area contributed by atoms with Gasteiger partial charge in [-0.25, -0.2) is 29.9 Å². The summed E-state index contributed by atoms with van der Waals surface area (Å²) >= 11 is 0. The third kappa shape index (κ3) is 10.9. The smallest absolute Gasteiger partial charge is 0.160 e. The minimum atomic E-state index is -0.489. The standard InChI is InChI=1S/C58H37N3.C52H33N3/c1-4-16-38(17-5-1)39-28-30-40(31-29-39)55-47-24-12-15-27-52(47)60-57(61-55)42-34-32-41(33-35-42)56-48-36-37-50-54(53(48)46-23-11-14-26-51(46)59-56)45-22-10-13-25-49(45)58(50,43-18-6-2-7-19-43)44-20-8-3-9-21-44;1-4-16-34(17-5-1)49-41-24-12-15-27-46(41)54-51(55-49)36-30-28-35(29-31-36)50-42-32-33-44-48(47(42)40-23-11-14-26-45(40)53-50)39-22-10-13-25-43(39)52(44,37-18-6-2-7-19-37)38-20-8-3-9-21-38/h1-37H;1-33H. The fraction of sp³-hybridized carbons (Fsp3) is 0.0182. The Labute approximate surface area is 671 Å². The highest BCUT2D eigenvalue weighted by Crippen LogP contribution is 2.61. The minimum absolute atomic E-state index is 0.479. The molecule has 0 spiro atoms. The first-order valence-corrected chi connectivity index (χ1v) is 39.6. The van der Waals surface area contributed by atoms with Gasteiger partial charge in [0.2, 0.25) is 0 Å². The lowest BCUT2D eigenvalue weighted by Crippen LogP contribution is -2.28. The molecule has 0 atom stereocenters. The molecular weight excluding hydrogens is 1410 g/mol. The Hall–Kier alpha value is -15.2. The Morgan fingerprint density at radius 2 is 0.414 bits per heavy atom. The summed E-state index contributed by atoms with van der Waals surface area (Å²) in [7, 11) is 0. The highest BCUT2D eigenvalue weighted by Gasteiger charge is 2.49. The van der Waals surface area contributed by atoms with E-state index in [9.17, 15) is 0 Å². The van der Waals surface area contributed by atoms with Crippen LogP contribution in [0.2, 0.25) is 0 Å². The number of benzene rings is 17. The Morgan fingerprint density at radius 1 is 0.155 bits per heavy atom. The molecule has 0 unspecified atom stereocenters. The zero-order valence-electron chi connectivity index (χ0n) is 63.1. The second-order valence-corrected chi connectivity index (χ2v) is 30.1. The lowest BCUT2D eigenvalue weighted by atomic mass is 9.67. The molecule has 0 amide bonds. The van der Waals surface area contributed by atoms with Gasteiger partial charge in [-0.15, -0.1) is 0 Å². The molecule has 2 aliphatic carbocycles. The van der Waals surface area contributed by atoms with Gasteiger partial charge in [-0.05, 0) is 102 Å². The average Bonchev–Trinajstić information content (AvgIpc) is 1.53. The second kappa shape index (κ2) is 27.9. The van der Waals surface area contributed by atoms with E-state index >= 15 is 0 Å². The highest BCUT2D eigenvalue weighted by atomic mass is 14.9. The number of rotatable bonds is 11. The van der Waals surface area contributed by atoms with Crippen molar-refractivity contribution in [3.05, 3.63) is 469 Å². The maximum atomic E-state index is 5.40. The van der Waals surface area contributed by atoms with Gasteiger partial charge in [0, 0.05) is 76.5 Å². The van der Waals surface area contributed by atoms with Crippen molar-refractivity contribution in [2.75, 3.05) is 0 Å². The molecule has 0 bridgehead atoms. The van der Waals surface area contributed by atoms with Crippen molar-refractivity contribution in [1.82, 2.24) is 29.9 Å².